The largest absolute Gasteiger partial charge is 0.481 e. The molecule has 0 bridgehead atoms. The highest BCUT2D eigenvalue weighted by Crippen LogP contribution is 2.20. The zero-order valence-electron chi connectivity index (χ0n) is 12.8. The highest BCUT2D eigenvalue weighted by molar-refractivity contribution is 9.10. The van der Waals surface area contributed by atoms with Gasteiger partial charge in [0, 0.05) is 29.9 Å². The Morgan fingerprint density at radius 1 is 1.18 bits per heavy atom. The molecule has 5 heteroatoms. The topological polar surface area (TPSA) is 41.6 Å². The van der Waals surface area contributed by atoms with Gasteiger partial charge in [-0.2, -0.15) is 0 Å². The maximum absolute atomic E-state index is 12.2. The lowest BCUT2D eigenvalue weighted by molar-refractivity contribution is -0.122. The molecule has 0 radical (unpaired) electrons. The van der Waals surface area contributed by atoms with Crippen molar-refractivity contribution in [3.63, 3.8) is 0 Å². The number of ether oxygens (including phenoxy) is 1. The van der Waals surface area contributed by atoms with Crippen LogP contribution in [0.5, 0.6) is 5.75 Å². The van der Waals surface area contributed by atoms with Crippen LogP contribution >= 0.6 is 15.9 Å². The predicted octanol–water partition coefficient (Wildman–Crippen LogP) is 3.92. The number of nitrogens with zero attached hydrogens (tertiary/aromatic N) is 1. The second kappa shape index (κ2) is 7.31. The smallest absolute Gasteiger partial charge is 0.265 e. The Morgan fingerprint density at radius 3 is 2.45 bits per heavy atom. The first-order valence-corrected chi connectivity index (χ1v) is 7.75. The lowest BCUT2D eigenvalue weighted by Crippen LogP contribution is -2.30. The van der Waals surface area contributed by atoms with E-state index in [2.05, 4.69) is 21.2 Å². The van der Waals surface area contributed by atoms with Gasteiger partial charge < -0.3 is 15.0 Å². The molecule has 0 heterocycles. The second-order valence-electron chi connectivity index (χ2n) is 5.15. The summed E-state index contributed by atoms with van der Waals surface area (Å²) in [6.07, 6.45) is -0.581. The Morgan fingerprint density at radius 2 is 1.86 bits per heavy atom. The molecule has 116 valence electrons. The lowest BCUT2D eigenvalue weighted by atomic mass is 10.2. The number of benzene rings is 2. The molecule has 0 aliphatic heterocycles. The van der Waals surface area contributed by atoms with Crippen LogP contribution in [0.2, 0.25) is 0 Å². The Kier molecular flexibility index (Phi) is 5.44. The van der Waals surface area contributed by atoms with Crippen LogP contribution in [0.3, 0.4) is 0 Å². The summed E-state index contributed by atoms with van der Waals surface area (Å²) in [6.45, 7) is 1.73. The zero-order valence-corrected chi connectivity index (χ0v) is 14.4. The van der Waals surface area contributed by atoms with E-state index in [9.17, 15) is 4.79 Å². The number of amides is 1. The summed E-state index contributed by atoms with van der Waals surface area (Å²) in [4.78, 5) is 14.2. The Bertz CT molecular complexity index is 641. The fraction of sp³-hybridized carbons (Fsp3) is 0.235. The zero-order chi connectivity index (χ0) is 16.1. The molecular weight excluding hydrogens is 344 g/mol. The number of halogens is 1. The molecule has 1 N–H and O–H groups in total. The van der Waals surface area contributed by atoms with E-state index >= 15 is 0 Å². The molecule has 0 spiro atoms. The molecule has 1 amide bonds. The third-order valence-corrected chi connectivity index (χ3v) is 3.62. The van der Waals surface area contributed by atoms with Crippen LogP contribution in [0, 0.1) is 0 Å². The molecule has 2 rings (SSSR count). The molecular formula is C17H19BrN2O2. The molecule has 0 saturated carbocycles. The van der Waals surface area contributed by atoms with Crippen LogP contribution in [-0.2, 0) is 4.79 Å². The van der Waals surface area contributed by atoms with Gasteiger partial charge >= 0.3 is 0 Å². The van der Waals surface area contributed by atoms with Crippen molar-refractivity contribution in [3.8, 4) is 5.75 Å². The van der Waals surface area contributed by atoms with E-state index in [0.717, 1.165) is 15.8 Å². The van der Waals surface area contributed by atoms with Crippen molar-refractivity contribution in [2.75, 3.05) is 24.3 Å². The van der Waals surface area contributed by atoms with E-state index in [1.54, 1.807) is 6.92 Å². The van der Waals surface area contributed by atoms with Gasteiger partial charge in [0.2, 0.25) is 0 Å². The fourth-order valence-electron chi connectivity index (χ4n) is 1.88. The molecule has 0 saturated heterocycles. The maximum atomic E-state index is 12.2. The molecule has 2 aromatic rings. The maximum Gasteiger partial charge on any atom is 0.265 e. The Labute approximate surface area is 139 Å². The van der Waals surface area contributed by atoms with Crippen LogP contribution in [0.25, 0.3) is 0 Å². The fourth-order valence-corrected chi connectivity index (χ4v) is 2.26. The van der Waals surface area contributed by atoms with E-state index in [0.29, 0.717) is 5.75 Å². The normalized spacial score (nSPS) is 11.6. The number of hydrogen-bond acceptors (Lipinski definition) is 3. The van der Waals surface area contributed by atoms with Crippen molar-refractivity contribution in [1.29, 1.82) is 0 Å². The van der Waals surface area contributed by atoms with E-state index in [1.807, 2.05) is 67.5 Å². The van der Waals surface area contributed by atoms with Crippen molar-refractivity contribution >= 4 is 33.2 Å². The van der Waals surface area contributed by atoms with Crippen molar-refractivity contribution in [1.82, 2.24) is 0 Å². The monoisotopic (exact) mass is 362 g/mol. The first kappa shape index (κ1) is 16.4. The quantitative estimate of drug-likeness (QED) is 0.876. The van der Waals surface area contributed by atoms with Gasteiger partial charge in [0.1, 0.15) is 5.75 Å². The predicted molar refractivity (Wildman–Crippen MR) is 93.6 cm³/mol. The van der Waals surface area contributed by atoms with Crippen LogP contribution in [0.4, 0.5) is 11.4 Å². The van der Waals surface area contributed by atoms with E-state index < -0.39 is 6.10 Å². The Hall–Kier alpha value is -2.01. The minimum Gasteiger partial charge on any atom is -0.481 e. The number of rotatable bonds is 5. The molecule has 1 atom stereocenters. The number of nitrogens with one attached hydrogen (secondary N) is 1. The Balaban J connectivity index is 1.96. The first-order chi connectivity index (χ1) is 10.5. The number of anilines is 2. The third-order valence-electron chi connectivity index (χ3n) is 3.13. The van der Waals surface area contributed by atoms with Gasteiger partial charge in [-0.1, -0.05) is 22.0 Å². The average Bonchev–Trinajstić information content (AvgIpc) is 2.47. The summed E-state index contributed by atoms with van der Waals surface area (Å²) in [5.41, 5.74) is 1.83. The molecule has 2 aromatic carbocycles. The lowest BCUT2D eigenvalue weighted by Gasteiger charge is -2.16. The minimum absolute atomic E-state index is 0.183. The number of carbonyl (C=O) groups is 1. The van der Waals surface area contributed by atoms with E-state index in [4.69, 9.17) is 4.74 Å². The summed E-state index contributed by atoms with van der Waals surface area (Å²) in [5.74, 6) is 0.470. The number of hydrogen-bond donors (Lipinski definition) is 1. The number of carbonyl (C=O) groups excluding carboxylic acids is 1. The molecule has 0 aliphatic rings. The molecule has 22 heavy (non-hydrogen) atoms. The van der Waals surface area contributed by atoms with E-state index in [1.165, 1.54) is 0 Å². The SMILES string of the molecule is CC(Oc1cccc(Br)c1)C(=O)Nc1ccc(N(C)C)cc1. The second-order valence-corrected chi connectivity index (χ2v) is 6.06. The minimum atomic E-state index is -0.581. The van der Waals surface area contributed by atoms with Crippen molar-refractivity contribution in [2.24, 2.45) is 0 Å². The summed E-state index contributed by atoms with van der Waals surface area (Å²) < 4.78 is 6.55. The summed E-state index contributed by atoms with van der Waals surface area (Å²) in [5, 5.41) is 2.85. The van der Waals surface area contributed by atoms with Gasteiger partial charge in [0.05, 0.1) is 0 Å². The van der Waals surface area contributed by atoms with E-state index in [-0.39, 0.29) is 5.91 Å². The highest BCUT2D eigenvalue weighted by atomic mass is 79.9. The third kappa shape index (κ3) is 4.49. The first-order valence-electron chi connectivity index (χ1n) is 6.96. The summed E-state index contributed by atoms with van der Waals surface area (Å²) >= 11 is 3.38. The van der Waals surface area contributed by atoms with Gasteiger partial charge in [-0.15, -0.1) is 0 Å². The summed E-state index contributed by atoms with van der Waals surface area (Å²) in [7, 11) is 3.95. The van der Waals surface area contributed by atoms with Gasteiger partial charge in [-0.05, 0) is 49.4 Å². The van der Waals surface area contributed by atoms with Crippen molar-refractivity contribution in [2.45, 2.75) is 13.0 Å². The molecule has 1 unspecified atom stereocenters. The standard InChI is InChI=1S/C17H19BrN2O2/c1-12(22-16-6-4-5-13(18)11-16)17(21)19-14-7-9-15(10-8-14)20(2)3/h4-12H,1-3H3,(H,19,21). The van der Waals surface area contributed by atoms with Crippen LogP contribution in [-0.4, -0.2) is 26.1 Å². The van der Waals surface area contributed by atoms with Crippen LogP contribution < -0.4 is 15.0 Å². The molecule has 4 nitrogen and oxygen atoms in total. The summed E-state index contributed by atoms with van der Waals surface area (Å²) in [6, 6.07) is 15.1. The molecule has 0 aromatic heterocycles. The van der Waals surface area contributed by atoms with Gasteiger partial charge in [-0.3, -0.25) is 4.79 Å². The van der Waals surface area contributed by atoms with Crippen molar-refractivity contribution < 1.29 is 9.53 Å². The molecule has 0 fully saturated rings. The van der Waals surface area contributed by atoms with Gasteiger partial charge in [0.25, 0.3) is 5.91 Å². The van der Waals surface area contributed by atoms with Gasteiger partial charge in [0.15, 0.2) is 6.10 Å². The van der Waals surface area contributed by atoms with Gasteiger partial charge in [-0.25, -0.2) is 0 Å². The average molecular weight is 363 g/mol. The van der Waals surface area contributed by atoms with Crippen LogP contribution in [0.15, 0.2) is 53.0 Å². The van der Waals surface area contributed by atoms with Crippen LogP contribution in [0.1, 0.15) is 6.92 Å². The van der Waals surface area contributed by atoms with Crippen molar-refractivity contribution in [3.05, 3.63) is 53.0 Å². The highest BCUT2D eigenvalue weighted by Gasteiger charge is 2.15. The molecule has 0 aliphatic carbocycles.